The Morgan fingerprint density at radius 3 is 2.25 bits per heavy atom. The molecule has 2 N–H and O–H groups in total. The maximum absolute atomic E-state index is 12.3. The second-order valence-corrected chi connectivity index (χ2v) is 6.37. The fourth-order valence-electron chi connectivity index (χ4n) is 3.05. The van der Waals surface area contributed by atoms with Gasteiger partial charge in [-0.1, -0.05) is 72.8 Å². The molecule has 0 bridgehead atoms. The Morgan fingerprint density at radius 2 is 1.46 bits per heavy atom. The topological polar surface area (TPSA) is 61.7 Å². The fraction of sp³-hybridized carbons (Fsp3) is 0. The molecule has 0 radical (unpaired) electrons. The van der Waals surface area contributed by atoms with Crippen LogP contribution in [0.5, 0.6) is 5.75 Å². The maximum atomic E-state index is 12.3. The summed E-state index contributed by atoms with van der Waals surface area (Å²) in [4.78, 5) is 12.3. The summed E-state index contributed by atoms with van der Waals surface area (Å²) in [5.41, 5.74) is 5.69. The van der Waals surface area contributed by atoms with Crippen molar-refractivity contribution in [3.05, 3.63) is 102 Å². The van der Waals surface area contributed by atoms with Crippen LogP contribution in [0.15, 0.2) is 96.1 Å². The van der Waals surface area contributed by atoms with E-state index in [-0.39, 0.29) is 11.7 Å². The van der Waals surface area contributed by atoms with Crippen LogP contribution in [0.1, 0.15) is 15.9 Å². The van der Waals surface area contributed by atoms with Crippen LogP contribution in [-0.2, 0) is 0 Å². The highest BCUT2D eigenvalue weighted by Crippen LogP contribution is 2.27. The number of hydrogen-bond acceptors (Lipinski definition) is 3. The first-order valence-corrected chi connectivity index (χ1v) is 8.92. The molecule has 0 spiro atoms. The van der Waals surface area contributed by atoms with Crippen LogP contribution in [0.3, 0.4) is 0 Å². The van der Waals surface area contributed by atoms with Gasteiger partial charge in [0, 0.05) is 16.5 Å². The Bertz CT molecular complexity index is 1150. The van der Waals surface area contributed by atoms with E-state index in [1.807, 2.05) is 72.8 Å². The highest BCUT2D eigenvalue weighted by atomic mass is 16.3. The first-order valence-electron chi connectivity index (χ1n) is 8.92. The minimum atomic E-state index is -0.309. The predicted molar refractivity (Wildman–Crippen MR) is 113 cm³/mol. The third-order valence-corrected chi connectivity index (χ3v) is 4.56. The molecule has 4 heteroatoms. The van der Waals surface area contributed by atoms with Crippen molar-refractivity contribution in [3.8, 4) is 16.9 Å². The van der Waals surface area contributed by atoms with Gasteiger partial charge in [0.1, 0.15) is 5.75 Å². The molecule has 0 aliphatic carbocycles. The van der Waals surface area contributed by atoms with Crippen molar-refractivity contribution in [2.24, 2.45) is 5.10 Å². The number of carbonyl (C=O) groups excluding carboxylic acids is 1. The normalized spacial score (nSPS) is 11.0. The van der Waals surface area contributed by atoms with Crippen LogP contribution >= 0.6 is 0 Å². The molecule has 136 valence electrons. The maximum Gasteiger partial charge on any atom is 0.271 e. The van der Waals surface area contributed by atoms with Gasteiger partial charge in [0.05, 0.1) is 6.21 Å². The zero-order chi connectivity index (χ0) is 19.3. The zero-order valence-electron chi connectivity index (χ0n) is 15.0. The largest absolute Gasteiger partial charge is 0.507 e. The van der Waals surface area contributed by atoms with Crippen LogP contribution < -0.4 is 5.43 Å². The van der Waals surface area contributed by atoms with Crippen molar-refractivity contribution in [2.45, 2.75) is 0 Å². The second kappa shape index (κ2) is 7.76. The molecule has 4 aromatic rings. The number of fused-ring (bicyclic) bond motifs is 1. The van der Waals surface area contributed by atoms with Crippen LogP contribution in [-0.4, -0.2) is 17.2 Å². The molecule has 0 saturated carbocycles. The van der Waals surface area contributed by atoms with E-state index in [4.69, 9.17) is 0 Å². The molecule has 28 heavy (non-hydrogen) atoms. The minimum absolute atomic E-state index is 0.142. The summed E-state index contributed by atoms with van der Waals surface area (Å²) in [6.07, 6.45) is 1.44. The van der Waals surface area contributed by atoms with E-state index in [2.05, 4.69) is 10.5 Å². The Kier molecular flexibility index (Phi) is 4.85. The number of aromatic hydroxyl groups is 1. The summed E-state index contributed by atoms with van der Waals surface area (Å²) < 4.78 is 0. The van der Waals surface area contributed by atoms with Gasteiger partial charge in [-0.3, -0.25) is 4.79 Å². The monoisotopic (exact) mass is 366 g/mol. The number of phenolic OH excluding ortho intramolecular Hbond substituents is 1. The average Bonchev–Trinajstić information content (AvgIpc) is 2.76. The molecule has 4 rings (SSSR count). The lowest BCUT2D eigenvalue weighted by molar-refractivity contribution is 0.0955. The van der Waals surface area contributed by atoms with Gasteiger partial charge in [-0.05, 0) is 34.7 Å². The number of carbonyl (C=O) groups is 1. The molecule has 0 aliphatic rings. The lowest BCUT2D eigenvalue weighted by Crippen LogP contribution is -2.17. The SMILES string of the molecule is O=C(N/N=C/c1ccc2ccccc2c1O)c1ccc(-c2ccccc2)cc1. The number of hydrogen-bond donors (Lipinski definition) is 2. The third kappa shape index (κ3) is 3.62. The standard InChI is InChI=1S/C24H18N2O2/c27-23-21(15-12-19-8-4-5-9-22(19)23)16-25-26-24(28)20-13-10-18(11-14-20)17-6-2-1-3-7-17/h1-16,27H,(H,26,28)/b25-16+. The molecule has 4 nitrogen and oxygen atoms in total. The van der Waals surface area contributed by atoms with E-state index < -0.39 is 0 Å². The molecule has 0 aliphatic heterocycles. The van der Waals surface area contributed by atoms with E-state index in [1.54, 1.807) is 18.2 Å². The molecular formula is C24H18N2O2. The van der Waals surface area contributed by atoms with Gasteiger partial charge >= 0.3 is 0 Å². The van der Waals surface area contributed by atoms with Crippen molar-refractivity contribution in [3.63, 3.8) is 0 Å². The highest BCUT2D eigenvalue weighted by Gasteiger charge is 2.06. The fourth-order valence-corrected chi connectivity index (χ4v) is 3.05. The molecule has 0 aromatic heterocycles. The van der Waals surface area contributed by atoms with E-state index >= 15 is 0 Å². The lowest BCUT2D eigenvalue weighted by Gasteiger charge is -2.05. The van der Waals surface area contributed by atoms with Crippen LogP contribution in [0.4, 0.5) is 0 Å². The smallest absolute Gasteiger partial charge is 0.271 e. The van der Waals surface area contributed by atoms with Crippen molar-refractivity contribution in [1.29, 1.82) is 0 Å². The van der Waals surface area contributed by atoms with Gasteiger partial charge in [-0.15, -0.1) is 0 Å². The number of nitrogens with one attached hydrogen (secondary N) is 1. The van der Waals surface area contributed by atoms with E-state index in [1.165, 1.54) is 6.21 Å². The number of nitrogens with zero attached hydrogens (tertiary/aromatic N) is 1. The molecule has 1 amide bonds. The molecule has 0 fully saturated rings. The average molecular weight is 366 g/mol. The number of hydrazone groups is 1. The quantitative estimate of drug-likeness (QED) is 0.395. The van der Waals surface area contributed by atoms with Gasteiger partial charge in [-0.25, -0.2) is 5.43 Å². The van der Waals surface area contributed by atoms with Gasteiger partial charge in [0.25, 0.3) is 5.91 Å². The summed E-state index contributed by atoms with van der Waals surface area (Å²) in [5, 5.41) is 16.0. The van der Waals surface area contributed by atoms with Crippen molar-refractivity contribution in [1.82, 2.24) is 5.43 Å². The molecule has 0 saturated heterocycles. The van der Waals surface area contributed by atoms with Crippen molar-refractivity contribution in [2.75, 3.05) is 0 Å². The molecule has 0 heterocycles. The summed E-state index contributed by atoms with van der Waals surface area (Å²) in [5.74, 6) is -0.167. The summed E-state index contributed by atoms with van der Waals surface area (Å²) in [6.45, 7) is 0. The molecular weight excluding hydrogens is 348 g/mol. The lowest BCUT2D eigenvalue weighted by atomic mass is 10.0. The summed E-state index contributed by atoms with van der Waals surface area (Å²) in [6, 6.07) is 28.5. The first kappa shape index (κ1) is 17.5. The van der Waals surface area contributed by atoms with Crippen LogP contribution in [0.25, 0.3) is 21.9 Å². The number of benzene rings is 4. The van der Waals surface area contributed by atoms with E-state index in [9.17, 15) is 9.90 Å². The molecule has 4 aromatic carbocycles. The predicted octanol–water partition coefficient (Wildman–Crippen LogP) is 4.98. The highest BCUT2D eigenvalue weighted by molar-refractivity contribution is 5.98. The second-order valence-electron chi connectivity index (χ2n) is 6.37. The molecule has 0 unspecified atom stereocenters. The summed E-state index contributed by atoms with van der Waals surface area (Å²) in [7, 11) is 0. The third-order valence-electron chi connectivity index (χ3n) is 4.56. The number of phenols is 1. The summed E-state index contributed by atoms with van der Waals surface area (Å²) >= 11 is 0. The molecule has 0 atom stereocenters. The van der Waals surface area contributed by atoms with Crippen LogP contribution in [0.2, 0.25) is 0 Å². The Morgan fingerprint density at radius 1 is 0.786 bits per heavy atom. The van der Waals surface area contributed by atoms with E-state index in [0.29, 0.717) is 11.1 Å². The van der Waals surface area contributed by atoms with Crippen LogP contribution in [0, 0.1) is 0 Å². The first-order chi connectivity index (χ1) is 13.7. The van der Waals surface area contributed by atoms with Gasteiger partial charge in [0.15, 0.2) is 0 Å². The van der Waals surface area contributed by atoms with Crippen molar-refractivity contribution >= 4 is 22.9 Å². The van der Waals surface area contributed by atoms with Gasteiger partial charge in [0.2, 0.25) is 0 Å². The van der Waals surface area contributed by atoms with Gasteiger partial charge in [-0.2, -0.15) is 5.10 Å². The van der Waals surface area contributed by atoms with Gasteiger partial charge < -0.3 is 5.11 Å². The Hall–Kier alpha value is -3.92. The van der Waals surface area contributed by atoms with E-state index in [0.717, 1.165) is 21.9 Å². The zero-order valence-corrected chi connectivity index (χ0v) is 15.0. The van der Waals surface area contributed by atoms with Crippen molar-refractivity contribution < 1.29 is 9.90 Å². The minimum Gasteiger partial charge on any atom is -0.507 e. The Balaban J connectivity index is 1.46. The number of amides is 1. The Labute approximate surface area is 162 Å². The number of rotatable bonds is 4.